The summed E-state index contributed by atoms with van der Waals surface area (Å²) >= 11 is 0. The summed E-state index contributed by atoms with van der Waals surface area (Å²) in [6.45, 7) is 1.41. The van der Waals surface area contributed by atoms with E-state index in [4.69, 9.17) is 0 Å². The Kier molecular flexibility index (Phi) is 11.9. The van der Waals surface area contributed by atoms with E-state index in [0.717, 1.165) is 28.4 Å². The molecule has 0 bridgehead atoms. The lowest BCUT2D eigenvalue weighted by molar-refractivity contribution is -0.114. The van der Waals surface area contributed by atoms with Crippen molar-refractivity contribution in [3.05, 3.63) is 170 Å². The highest BCUT2D eigenvalue weighted by molar-refractivity contribution is 7.92. The lowest BCUT2D eigenvalue weighted by Crippen LogP contribution is -2.24. The second-order valence-electron chi connectivity index (χ2n) is 13.6. The Hall–Kier alpha value is -8.24. The predicted octanol–water partition coefficient (Wildman–Crippen LogP) is 6.98. The number of carbonyl (C=O) groups is 5. The highest BCUT2D eigenvalue weighted by Gasteiger charge is 2.26. The first-order chi connectivity index (χ1) is 29.3. The van der Waals surface area contributed by atoms with Crippen LogP contribution in [0.4, 0.5) is 22.7 Å². The minimum atomic E-state index is -3.41. The molecule has 0 atom stereocenters. The van der Waals surface area contributed by atoms with Crippen LogP contribution < -0.4 is 20.7 Å². The second kappa shape index (κ2) is 17.7. The minimum Gasteiger partial charge on any atom is -0.326 e. The summed E-state index contributed by atoms with van der Waals surface area (Å²) in [5.74, 6) is -3.12. The Morgan fingerprint density at radius 2 is 0.934 bits per heavy atom. The second-order valence-corrected chi connectivity index (χ2v) is 15.3. The van der Waals surface area contributed by atoms with Gasteiger partial charge in [0.1, 0.15) is 11.4 Å². The van der Waals surface area contributed by atoms with Crippen molar-refractivity contribution in [2.45, 2.75) is 6.92 Å². The van der Waals surface area contributed by atoms with Crippen LogP contribution in [0.25, 0.3) is 33.3 Å². The number of benzene rings is 2. The average molecular weight is 833 g/mol. The van der Waals surface area contributed by atoms with E-state index in [1.807, 2.05) is 48.5 Å². The van der Waals surface area contributed by atoms with Crippen LogP contribution in [0, 0.1) is 0 Å². The normalized spacial score (nSPS) is 10.9. The Bertz CT molecular complexity index is 3040. The van der Waals surface area contributed by atoms with E-state index in [1.54, 1.807) is 94.5 Å². The molecule has 4 N–H and O–H groups in total. The summed E-state index contributed by atoms with van der Waals surface area (Å²) in [6, 6.07) is 34.5. The van der Waals surface area contributed by atoms with Crippen molar-refractivity contribution in [1.82, 2.24) is 18.8 Å². The number of nitrogens with zero attached hydrogens (tertiary/aromatic N) is 4. The third kappa shape index (κ3) is 9.73. The highest BCUT2D eigenvalue weighted by Crippen LogP contribution is 2.30. The van der Waals surface area contributed by atoms with Crippen LogP contribution in [-0.4, -0.2) is 62.7 Å². The van der Waals surface area contributed by atoms with Gasteiger partial charge in [-0.15, -0.1) is 0 Å². The van der Waals surface area contributed by atoms with Crippen molar-refractivity contribution in [1.29, 1.82) is 0 Å². The molecule has 0 aliphatic heterocycles. The van der Waals surface area contributed by atoms with Crippen LogP contribution in [0.2, 0.25) is 0 Å². The van der Waals surface area contributed by atoms with Gasteiger partial charge in [0.2, 0.25) is 15.9 Å². The maximum atomic E-state index is 13.1. The number of pyridine rings is 4. The van der Waals surface area contributed by atoms with Gasteiger partial charge < -0.3 is 24.8 Å². The first kappa shape index (κ1) is 40.9. The van der Waals surface area contributed by atoms with Crippen LogP contribution in [0.1, 0.15) is 27.9 Å². The molecule has 6 aromatic heterocycles. The van der Waals surface area contributed by atoms with Gasteiger partial charge in [0.25, 0.3) is 23.4 Å². The molecule has 3 amide bonds. The fourth-order valence-corrected chi connectivity index (χ4v) is 7.03. The number of carbonyl (C=O) groups excluding carboxylic acids is 5. The van der Waals surface area contributed by atoms with Crippen molar-refractivity contribution >= 4 is 73.1 Å². The topological polar surface area (TPSA) is 202 Å². The first-order valence-electron chi connectivity index (χ1n) is 18.5. The molecule has 8 aromatic rings. The minimum absolute atomic E-state index is 0.190. The molecular formula is C45H36N8O7S. The molecular weight excluding hydrogens is 797 g/mol. The fraction of sp³-hybridized carbons (Fsp3) is 0.0444. The van der Waals surface area contributed by atoms with E-state index >= 15 is 0 Å². The van der Waals surface area contributed by atoms with E-state index in [9.17, 15) is 32.4 Å². The lowest BCUT2D eigenvalue weighted by Gasteiger charge is -2.09. The van der Waals surface area contributed by atoms with Crippen LogP contribution in [-0.2, 0) is 24.4 Å². The van der Waals surface area contributed by atoms with Gasteiger partial charge in [-0.1, -0.05) is 24.3 Å². The molecule has 0 saturated heterocycles. The van der Waals surface area contributed by atoms with Gasteiger partial charge in [-0.3, -0.25) is 38.7 Å². The molecule has 0 aliphatic rings. The van der Waals surface area contributed by atoms with Gasteiger partial charge >= 0.3 is 0 Å². The highest BCUT2D eigenvalue weighted by atomic mass is 32.2. The molecule has 0 unspecified atom stereocenters. The number of fused-ring (bicyclic) bond motifs is 2. The smallest absolute Gasteiger partial charge is 0.298 e. The summed E-state index contributed by atoms with van der Waals surface area (Å²) in [5, 5.41) is 7.84. The quantitative estimate of drug-likeness (QED) is 0.0784. The van der Waals surface area contributed by atoms with Crippen molar-refractivity contribution in [2.75, 3.05) is 26.9 Å². The zero-order chi connectivity index (χ0) is 43.1. The van der Waals surface area contributed by atoms with E-state index in [2.05, 4.69) is 30.6 Å². The summed E-state index contributed by atoms with van der Waals surface area (Å²) in [7, 11) is -3.41. The van der Waals surface area contributed by atoms with E-state index < -0.39 is 33.4 Å². The van der Waals surface area contributed by atoms with Gasteiger partial charge in [-0.25, -0.2) is 8.42 Å². The zero-order valence-electron chi connectivity index (χ0n) is 32.6. The summed E-state index contributed by atoms with van der Waals surface area (Å²) < 4.78 is 28.3. The summed E-state index contributed by atoms with van der Waals surface area (Å²) in [5.41, 5.74) is 6.54. The molecule has 0 saturated carbocycles. The predicted molar refractivity (Wildman–Crippen MR) is 233 cm³/mol. The van der Waals surface area contributed by atoms with Crippen LogP contribution in [0.3, 0.4) is 0 Å². The van der Waals surface area contributed by atoms with Gasteiger partial charge in [-0.05, 0) is 97.1 Å². The van der Waals surface area contributed by atoms with Crippen LogP contribution in [0.5, 0.6) is 0 Å². The molecule has 0 aliphatic carbocycles. The molecule has 6 heterocycles. The standard InChI is InChI=1S/C23H18N4O3.C22H18N4O4S/c1-15(28)25-17-7-9-18(10-8-17)26-23(30)22(29)21-20(16-5-4-11-24-14-16)13-19-6-2-3-12-27(19)21;1-31(29,30)25-17-9-7-16(8-10-17)24-22(28)21(27)20-19(15-5-4-11-23-14-15)13-18-6-2-3-12-26(18)20/h2-14H,1H3,(H,25,28)(H,26,30);2-14,25H,1H3,(H,24,28). The van der Waals surface area contributed by atoms with Gasteiger partial charge in [0.15, 0.2) is 0 Å². The SMILES string of the molecule is CC(=O)Nc1ccc(NC(=O)C(=O)c2c(-c3cccnc3)cc3ccccn23)cc1.CS(=O)(=O)Nc1ccc(NC(=O)C(=O)c2c(-c3cccnc3)cc3ccccn23)cc1. The third-order valence-electron chi connectivity index (χ3n) is 9.06. The Balaban J connectivity index is 0.000000184. The lowest BCUT2D eigenvalue weighted by atomic mass is 10.1. The number of nitrogens with one attached hydrogen (secondary N) is 4. The number of rotatable bonds is 11. The number of aromatic nitrogens is 4. The fourth-order valence-electron chi connectivity index (χ4n) is 6.46. The van der Waals surface area contributed by atoms with E-state index in [-0.39, 0.29) is 17.3 Å². The molecule has 8 rings (SSSR count). The van der Waals surface area contributed by atoms with Gasteiger partial charge in [0, 0.05) is 100 Å². The number of sulfonamides is 1. The molecule has 0 fully saturated rings. The third-order valence-corrected chi connectivity index (χ3v) is 9.66. The maximum Gasteiger partial charge on any atom is 0.298 e. The first-order valence-corrected chi connectivity index (χ1v) is 20.4. The molecule has 2 aromatic carbocycles. The van der Waals surface area contributed by atoms with Crippen LogP contribution >= 0.6 is 0 Å². The van der Waals surface area contributed by atoms with Crippen molar-refractivity contribution in [2.24, 2.45) is 0 Å². The van der Waals surface area contributed by atoms with Crippen LogP contribution in [0.15, 0.2) is 159 Å². The number of Topliss-reactive ketones (excluding diaryl/α,β-unsaturated/α-hetero) is 2. The molecule has 15 nitrogen and oxygen atoms in total. The van der Waals surface area contributed by atoms with E-state index in [1.165, 1.54) is 31.2 Å². The number of anilines is 4. The molecule has 0 spiro atoms. The van der Waals surface area contributed by atoms with E-state index in [0.29, 0.717) is 33.9 Å². The Labute approximate surface area is 349 Å². The molecule has 0 radical (unpaired) electrons. The number of hydrogen-bond acceptors (Lipinski definition) is 9. The van der Waals surface area contributed by atoms with Crippen molar-refractivity contribution < 1.29 is 32.4 Å². The number of ketones is 2. The van der Waals surface area contributed by atoms with Crippen molar-refractivity contribution in [3.63, 3.8) is 0 Å². The molecule has 61 heavy (non-hydrogen) atoms. The zero-order valence-corrected chi connectivity index (χ0v) is 33.4. The molecule has 304 valence electrons. The number of hydrogen-bond donors (Lipinski definition) is 4. The largest absolute Gasteiger partial charge is 0.326 e. The Morgan fingerprint density at radius 3 is 1.31 bits per heavy atom. The molecule has 16 heteroatoms. The van der Waals surface area contributed by atoms with Crippen molar-refractivity contribution in [3.8, 4) is 22.3 Å². The monoisotopic (exact) mass is 832 g/mol. The average Bonchev–Trinajstić information content (AvgIpc) is 3.84. The van der Waals surface area contributed by atoms with Gasteiger partial charge in [-0.2, -0.15) is 0 Å². The summed E-state index contributed by atoms with van der Waals surface area (Å²) in [4.78, 5) is 71.1. The Morgan fingerprint density at radius 1 is 0.525 bits per heavy atom. The number of amides is 3. The van der Waals surface area contributed by atoms with Gasteiger partial charge in [0.05, 0.1) is 6.26 Å². The maximum absolute atomic E-state index is 13.1. The summed E-state index contributed by atoms with van der Waals surface area (Å²) in [6.07, 6.45) is 11.1.